The Kier molecular flexibility index (Phi) is 2.72. The molecule has 0 saturated carbocycles. The highest BCUT2D eigenvalue weighted by molar-refractivity contribution is 5.06. The van der Waals surface area contributed by atoms with Gasteiger partial charge in [0.25, 0.3) is 0 Å². The van der Waals surface area contributed by atoms with Gasteiger partial charge in [-0.15, -0.1) is 0 Å². The fraction of sp³-hybridized carbons (Fsp3) is 0.750. The Morgan fingerprint density at radius 2 is 2.60 bits per heavy atom. The molecule has 0 radical (unpaired) electrons. The van der Waals surface area contributed by atoms with E-state index in [0.717, 1.165) is 12.8 Å². The highest BCUT2D eigenvalue weighted by atomic mass is 19.1. The zero-order valence-electron chi connectivity index (χ0n) is 6.36. The molecule has 1 rings (SSSR count). The normalized spacial score (nSPS) is 25.4. The summed E-state index contributed by atoms with van der Waals surface area (Å²) in [5, 5.41) is 2.93. The number of hydrogen-bond donors (Lipinski definition) is 1. The summed E-state index contributed by atoms with van der Waals surface area (Å²) in [4.78, 5) is 0. The van der Waals surface area contributed by atoms with Gasteiger partial charge in [-0.1, -0.05) is 18.9 Å². The maximum absolute atomic E-state index is 12.7. The van der Waals surface area contributed by atoms with Gasteiger partial charge in [0.2, 0.25) is 0 Å². The minimum atomic E-state index is -0.661. The number of rotatable bonds is 2. The van der Waals surface area contributed by atoms with Gasteiger partial charge in [0, 0.05) is 13.0 Å². The van der Waals surface area contributed by atoms with E-state index in [1.165, 1.54) is 5.57 Å². The maximum atomic E-state index is 12.7. The van der Waals surface area contributed by atoms with E-state index >= 15 is 0 Å². The summed E-state index contributed by atoms with van der Waals surface area (Å²) < 4.78 is 12.7. The van der Waals surface area contributed by atoms with Crippen molar-refractivity contribution in [2.75, 3.05) is 6.54 Å². The van der Waals surface area contributed by atoms with Crippen molar-refractivity contribution in [1.29, 1.82) is 0 Å². The lowest BCUT2D eigenvalue weighted by Gasteiger charge is -2.17. The van der Waals surface area contributed by atoms with Crippen LogP contribution in [0.15, 0.2) is 11.8 Å². The summed E-state index contributed by atoms with van der Waals surface area (Å²) in [6, 6.07) is 0. The highest BCUT2D eigenvalue weighted by Crippen LogP contribution is 2.16. The third-order valence-electron chi connectivity index (χ3n) is 1.70. The van der Waals surface area contributed by atoms with Crippen LogP contribution in [0.25, 0.3) is 0 Å². The van der Waals surface area contributed by atoms with Gasteiger partial charge < -0.3 is 5.32 Å². The van der Waals surface area contributed by atoms with Crippen molar-refractivity contribution in [3.8, 4) is 0 Å². The second-order valence-electron chi connectivity index (χ2n) is 2.76. The van der Waals surface area contributed by atoms with Crippen LogP contribution in [0.1, 0.15) is 26.2 Å². The van der Waals surface area contributed by atoms with E-state index in [1.807, 2.05) is 6.20 Å². The van der Waals surface area contributed by atoms with Gasteiger partial charge in [-0.05, 0) is 12.6 Å². The maximum Gasteiger partial charge on any atom is 0.121 e. The number of nitrogens with one attached hydrogen (secondary N) is 1. The predicted octanol–water partition coefficient (Wildman–Crippen LogP) is 2.00. The van der Waals surface area contributed by atoms with E-state index in [9.17, 15) is 4.39 Å². The van der Waals surface area contributed by atoms with Crippen molar-refractivity contribution in [2.24, 2.45) is 0 Å². The zero-order chi connectivity index (χ0) is 7.40. The van der Waals surface area contributed by atoms with Crippen molar-refractivity contribution in [3.63, 3.8) is 0 Å². The van der Waals surface area contributed by atoms with Gasteiger partial charge in [-0.3, -0.25) is 0 Å². The lowest BCUT2D eigenvalue weighted by Crippen LogP contribution is -2.25. The molecule has 1 aliphatic heterocycles. The molecular formula is C8H14FN. The number of allylic oxidation sites excluding steroid dienone is 1. The fourth-order valence-electron chi connectivity index (χ4n) is 1.24. The first-order valence-corrected chi connectivity index (χ1v) is 3.88. The average molecular weight is 143 g/mol. The molecule has 0 aromatic heterocycles. The Balaban J connectivity index is 2.36. The van der Waals surface area contributed by atoms with Crippen LogP contribution in [-0.4, -0.2) is 12.7 Å². The molecule has 0 saturated heterocycles. The monoisotopic (exact) mass is 143 g/mol. The van der Waals surface area contributed by atoms with Gasteiger partial charge in [0.05, 0.1) is 0 Å². The topological polar surface area (TPSA) is 12.0 Å². The second-order valence-corrected chi connectivity index (χ2v) is 2.76. The Labute approximate surface area is 61.3 Å². The van der Waals surface area contributed by atoms with Crippen molar-refractivity contribution >= 4 is 0 Å². The lowest BCUT2D eigenvalue weighted by atomic mass is 10.0. The molecule has 10 heavy (non-hydrogen) atoms. The molecule has 0 aromatic rings. The van der Waals surface area contributed by atoms with Crippen LogP contribution in [-0.2, 0) is 0 Å². The first kappa shape index (κ1) is 7.58. The standard InChI is InChI=1S/C8H14FN/c1-2-3-7-4-8(9)6-10-5-7/h5,8,10H,2-4,6H2,1H3. The quantitative estimate of drug-likeness (QED) is 0.623. The molecule has 58 valence electrons. The smallest absolute Gasteiger partial charge is 0.121 e. The number of hydrogen-bond acceptors (Lipinski definition) is 1. The summed E-state index contributed by atoms with van der Waals surface area (Å²) in [5.74, 6) is 0. The SMILES string of the molecule is CCCC1=CNCC(F)C1. The van der Waals surface area contributed by atoms with Crippen LogP contribution < -0.4 is 5.32 Å². The van der Waals surface area contributed by atoms with Gasteiger partial charge in [0.15, 0.2) is 0 Å². The summed E-state index contributed by atoms with van der Waals surface area (Å²) in [6.45, 7) is 2.61. The molecule has 0 amide bonds. The van der Waals surface area contributed by atoms with Gasteiger partial charge in [-0.25, -0.2) is 4.39 Å². The Hall–Kier alpha value is -0.530. The van der Waals surface area contributed by atoms with Crippen LogP contribution in [0, 0.1) is 0 Å². The van der Waals surface area contributed by atoms with Gasteiger partial charge in [-0.2, -0.15) is 0 Å². The predicted molar refractivity (Wildman–Crippen MR) is 40.5 cm³/mol. The first-order valence-electron chi connectivity index (χ1n) is 3.88. The highest BCUT2D eigenvalue weighted by Gasteiger charge is 2.12. The molecule has 0 spiro atoms. The van der Waals surface area contributed by atoms with Crippen LogP contribution in [0.2, 0.25) is 0 Å². The Bertz CT molecular complexity index is 131. The van der Waals surface area contributed by atoms with Crippen LogP contribution in [0.5, 0.6) is 0 Å². The summed E-state index contributed by atoms with van der Waals surface area (Å²) in [7, 11) is 0. The van der Waals surface area contributed by atoms with Crippen molar-refractivity contribution in [2.45, 2.75) is 32.4 Å². The molecule has 1 heterocycles. The molecule has 1 atom stereocenters. The first-order chi connectivity index (χ1) is 4.83. The zero-order valence-corrected chi connectivity index (χ0v) is 6.36. The summed E-state index contributed by atoms with van der Waals surface area (Å²) in [6.07, 6.45) is 4.08. The minimum absolute atomic E-state index is 0.493. The van der Waals surface area contributed by atoms with Crippen LogP contribution >= 0.6 is 0 Å². The van der Waals surface area contributed by atoms with Crippen molar-refractivity contribution in [3.05, 3.63) is 11.8 Å². The summed E-state index contributed by atoms with van der Waals surface area (Å²) in [5.41, 5.74) is 1.22. The number of halogens is 1. The fourth-order valence-corrected chi connectivity index (χ4v) is 1.24. The third-order valence-corrected chi connectivity index (χ3v) is 1.70. The molecule has 2 heteroatoms. The van der Waals surface area contributed by atoms with E-state index in [1.54, 1.807) is 0 Å². The molecule has 1 N–H and O–H groups in total. The van der Waals surface area contributed by atoms with E-state index < -0.39 is 6.17 Å². The molecule has 1 unspecified atom stereocenters. The largest absolute Gasteiger partial charge is 0.388 e. The van der Waals surface area contributed by atoms with Crippen molar-refractivity contribution in [1.82, 2.24) is 5.32 Å². The molecule has 0 aliphatic carbocycles. The molecular weight excluding hydrogens is 129 g/mol. The molecule has 0 aromatic carbocycles. The molecule has 0 fully saturated rings. The molecule has 0 bridgehead atoms. The van der Waals surface area contributed by atoms with E-state index in [4.69, 9.17) is 0 Å². The van der Waals surface area contributed by atoms with E-state index in [-0.39, 0.29) is 0 Å². The lowest BCUT2D eigenvalue weighted by molar-refractivity contribution is 0.313. The Morgan fingerprint density at radius 1 is 1.80 bits per heavy atom. The third kappa shape index (κ3) is 2.01. The minimum Gasteiger partial charge on any atom is -0.388 e. The molecule has 1 nitrogen and oxygen atoms in total. The molecule has 1 aliphatic rings. The second kappa shape index (κ2) is 3.59. The van der Waals surface area contributed by atoms with Gasteiger partial charge >= 0.3 is 0 Å². The van der Waals surface area contributed by atoms with Crippen molar-refractivity contribution < 1.29 is 4.39 Å². The van der Waals surface area contributed by atoms with Crippen LogP contribution in [0.4, 0.5) is 4.39 Å². The number of alkyl halides is 1. The van der Waals surface area contributed by atoms with E-state index in [2.05, 4.69) is 12.2 Å². The van der Waals surface area contributed by atoms with E-state index in [0.29, 0.717) is 13.0 Å². The van der Waals surface area contributed by atoms with Crippen LogP contribution in [0.3, 0.4) is 0 Å². The summed E-state index contributed by atoms with van der Waals surface area (Å²) >= 11 is 0. The Morgan fingerprint density at radius 3 is 3.20 bits per heavy atom. The average Bonchev–Trinajstić information content (AvgIpc) is 1.88. The van der Waals surface area contributed by atoms with Gasteiger partial charge in [0.1, 0.15) is 6.17 Å².